The van der Waals surface area contributed by atoms with Crippen LogP contribution in [0.1, 0.15) is 10.4 Å². The van der Waals surface area contributed by atoms with Crippen molar-refractivity contribution < 1.29 is 13.9 Å². The van der Waals surface area contributed by atoms with Crippen LogP contribution >= 0.6 is 0 Å². The first-order chi connectivity index (χ1) is 13.1. The van der Waals surface area contributed by atoms with E-state index >= 15 is 0 Å². The number of nitrogens with one attached hydrogen (secondary N) is 1. The second-order valence-electron chi connectivity index (χ2n) is 5.85. The van der Waals surface area contributed by atoms with Gasteiger partial charge in [-0.3, -0.25) is 4.79 Å². The highest BCUT2D eigenvalue weighted by molar-refractivity contribution is 6.04. The van der Waals surface area contributed by atoms with Crippen LogP contribution < -0.4 is 10.1 Å². The molecule has 0 unspecified atom stereocenters. The minimum Gasteiger partial charge on any atom is -0.480 e. The number of anilines is 1. The van der Waals surface area contributed by atoms with Crippen LogP contribution in [0.4, 0.5) is 10.1 Å². The third-order valence-electron chi connectivity index (χ3n) is 4.01. The standard InChI is InChI=1S/C20H15FN4O2/c1-27-19-9-8-18-23-17(12-25(18)24-19)13-4-3-7-16(11-13)22-20(26)14-5-2-6-15(21)10-14/h2-12H,1H3,(H,22,26). The van der Waals surface area contributed by atoms with Crippen LogP contribution in [0, 0.1) is 5.82 Å². The van der Waals surface area contributed by atoms with Crippen molar-refractivity contribution in [1.82, 2.24) is 14.6 Å². The first-order valence-corrected chi connectivity index (χ1v) is 8.20. The fraction of sp³-hybridized carbons (Fsp3) is 0.0500. The van der Waals surface area contributed by atoms with Gasteiger partial charge in [0.2, 0.25) is 5.88 Å². The van der Waals surface area contributed by atoms with E-state index in [1.54, 1.807) is 42.1 Å². The summed E-state index contributed by atoms with van der Waals surface area (Å²) in [5, 5.41) is 7.06. The molecule has 0 bridgehead atoms. The van der Waals surface area contributed by atoms with Gasteiger partial charge in [0.25, 0.3) is 5.91 Å². The van der Waals surface area contributed by atoms with Crippen LogP contribution in [0.3, 0.4) is 0 Å². The van der Waals surface area contributed by atoms with Gasteiger partial charge in [-0.1, -0.05) is 18.2 Å². The zero-order chi connectivity index (χ0) is 18.8. The van der Waals surface area contributed by atoms with Gasteiger partial charge in [0, 0.05) is 22.9 Å². The van der Waals surface area contributed by atoms with E-state index in [-0.39, 0.29) is 11.5 Å². The summed E-state index contributed by atoms with van der Waals surface area (Å²) in [6.45, 7) is 0. The Kier molecular flexibility index (Phi) is 4.25. The number of aromatic nitrogens is 3. The predicted molar refractivity (Wildman–Crippen MR) is 99.3 cm³/mol. The Bertz CT molecular complexity index is 1140. The summed E-state index contributed by atoms with van der Waals surface area (Å²) < 4.78 is 20.0. The van der Waals surface area contributed by atoms with E-state index in [0.29, 0.717) is 22.9 Å². The van der Waals surface area contributed by atoms with Gasteiger partial charge in [-0.2, -0.15) is 0 Å². The number of carbonyl (C=O) groups is 1. The number of methoxy groups -OCH3 is 1. The van der Waals surface area contributed by atoms with Crippen molar-refractivity contribution in [3.8, 4) is 17.1 Å². The summed E-state index contributed by atoms with van der Waals surface area (Å²) in [5.74, 6) is -0.348. The molecule has 0 fully saturated rings. The first kappa shape index (κ1) is 16.7. The Labute approximate surface area is 154 Å². The maximum atomic E-state index is 13.3. The van der Waals surface area contributed by atoms with Gasteiger partial charge < -0.3 is 10.1 Å². The summed E-state index contributed by atoms with van der Waals surface area (Å²) in [4.78, 5) is 16.8. The van der Waals surface area contributed by atoms with Crippen molar-refractivity contribution in [2.75, 3.05) is 12.4 Å². The Morgan fingerprint density at radius 2 is 1.96 bits per heavy atom. The summed E-state index contributed by atoms with van der Waals surface area (Å²) in [5.41, 5.74) is 3.04. The monoisotopic (exact) mass is 362 g/mol. The first-order valence-electron chi connectivity index (χ1n) is 8.20. The molecule has 4 aromatic rings. The van der Waals surface area contributed by atoms with Gasteiger partial charge in [-0.05, 0) is 36.4 Å². The number of nitrogens with zero attached hydrogens (tertiary/aromatic N) is 3. The molecule has 4 rings (SSSR count). The van der Waals surface area contributed by atoms with Crippen molar-refractivity contribution in [3.63, 3.8) is 0 Å². The van der Waals surface area contributed by atoms with Gasteiger partial charge >= 0.3 is 0 Å². The molecular formula is C20H15FN4O2. The number of ether oxygens (including phenoxy) is 1. The van der Waals surface area contributed by atoms with E-state index in [1.807, 2.05) is 18.2 Å². The Morgan fingerprint density at radius 1 is 1.11 bits per heavy atom. The highest BCUT2D eigenvalue weighted by atomic mass is 19.1. The summed E-state index contributed by atoms with van der Waals surface area (Å²) in [7, 11) is 1.55. The third kappa shape index (κ3) is 3.48. The van der Waals surface area contributed by atoms with E-state index in [0.717, 1.165) is 5.56 Å². The van der Waals surface area contributed by atoms with Crippen LogP contribution in [0.5, 0.6) is 5.88 Å². The number of imidazole rings is 1. The van der Waals surface area contributed by atoms with Crippen molar-refractivity contribution in [1.29, 1.82) is 0 Å². The van der Waals surface area contributed by atoms with Crippen molar-refractivity contribution in [2.45, 2.75) is 0 Å². The second-order valence-corrected chi connectivity index (χ2v) is 5.85. The molecule has 6 nitrogen and oxygen atoms in total. The van der Waals surface area contributed by atoms with Gasteiger partial charge in [0.15, 0.2) is 5.65 Å². The largest absolute Gasteiger partial charge is 0.480 e. The van der Waals surface area contributed by atoms with Crippen LogP contribution in [-0.4, -0.2) is 27.6 Å². The molecule has 2 aromatic heterocycles. The summed E-state index contributed by atoms with van der Waals surface area (Å²) in [6, 6.07) is 16.4. The molecule has 2 aromatic carbocycles. The molecule has 0 aliphatic carbocycles. The number of fused-ring (bicyclic) bond motifs is 1. The fourth-order valence-corrected chi connectivity index (χ4v) is 2.70. The van der Waals surface area contributed by atoms with E-state index < -0.39 is 5.82 Å². The molecule has 0 saturated heterocycles. The number of hydrogen-bond acceptors (Lipinski definition) is 4. The smallest absolute Gasteiger partial charge is 0.255 e. The number of carbonyl (C=O) groups excluding carboxylic acids is 1. The predicted octanol–water partition coefficient (Wildman–Crippen LogP) is 3.80. The van der Waals surface area contributed by atoms with Crippen molar-refractivity contribution in [3.05, 3.63) is 78.2 Å². The number of benzene rings is 2. The van der Waals surface area contributed by atoms with Gasteiger partial charge in [-0.25, -0.2) is 13.9 Å². The third-order valence-corrected chi connectivity index (χ3v) is 4.01. The lowest BCUT2D eigenvalue weighted by Crippen LogP contribution is -2.12. The molecule has 1 amide bonds. The Balaban J connectivity index is 1.61. The molecule has 0 spiro atoms. The van der Waals surface area contributed by atoms with E-state index in [9.17, 15) is 9.18 Å². The molecule has 0 radical (unpaired) electrons. The van der Waals surface area contributed by atoms with Gasteiger partial charge in [-0.15, -0.1) is 5.10 Å². The van der Waals surface area contributed by atoms with Gasteiger partial charge in [0.1, 0.15) is 5.82 Å². The van der Waals surface area contributed by atoms with E-state index in [1.165, 1.54) is 18.2 Å². The lowest BCUT2D eigenvalue weighted by atomic mass is 10.1. The number of rotatable bonds is 4. The zero-order valence-electron chi connectivity index (χ0n) is 14.4. The van der Waals surface area contributed by atoms with Crippen LogP contribution in [-0.2, 0) is 0 Å². The Hall–Kier alpha value is -3.74. The number of hydrogen-bond donors (Lipinski definition) is 1. The SMILES string of the molecule is COc1ccc2nc(-c3cccc(NC(=O)c4cccc(F)c4)c3)cn2n1. The van der Waals surface area contributed by atoms with Crippen molar-refractivity contribution >= 4 is 17.2 Å². The molecule has 1 N–H and O–H groups in total. The second kappa shape index (κ2) is 6.87. The number of amides is 1. The fourth-order valence-electron chi connectivity index (χ4n) is 2.70. The summed E-state index contributed by atoms with van der Waals surface area (Å²) >= 11 is 0. The lowest BCUT2D eigenvalue weighted by molar-refractivity contribution is 0.102. The van der Waals surface area contributed by atoms with E-state index in [4.69, 9.17) is 4.74 Å². The zero-order valence-corrected chi connectivity index (χ0v) is 14.4. The minimum atomic E-state index is -0.455. The number of halogens is 1. The highest BCUT2D eigenvalue weighted by Gasteiger charge is 2.10. The van der Waals surface area contributed by atoms with E-state index in [2.05, 4.69) is 15.4 Å². The quantitative estimate of drug-likeness (QED) is 0.600. The van der Waals surface area contributed by atoms with Crippen LogP contribution in [0.2, 0.25) is 0 Å². The molecule has 27 heavy (non-hydrogen) atoms. The highest BCUT2D eigenvalue weighted by Crippen LogP contribution is 2.23. The molecule has 0 aliphatic rings. The molecule has 0 atom stereocenters. The Morgan fingerprint density at radius 3 is 2.78 bits per heavy atom. The van der Waals surface area contributed by atoms with Crippen LogP contribution in [0.15, 0.2) is 66.9 Å². The molecule has 134 valence electrons. The van der Waals surface area contributed by atoms with Crippen molar-refractivity contribution in [2.24, 2.45) is 0 Å². The molecule has 2 heterocycles. The minimum absolute atomic E-state index is 0.254. The molecule has 0 aliphatic heterocycles. The maximum absolute atomic E-state index is 13.3. The average Bonchev–Trinajstić information content (AvgIpc) is 3.11. The molecule has 7 heteroatoms. The maximum Gasteiger partial charge on any atom is 0.255 e. The molecule has 0 saturated carbocycles. The van der Waals surface area contributed by atoms with Crippen LogP contribution in [0.25, 0.3) is 16.9 Å². The lowest BCUT2D eigenvalue weighted by Gasteiger charge is -2.06. The summed E-state index contributed by atoms with van der Waals surface area (Å²) in [6.07, 6.45) is 1.78. The topological polar surface area (TPSA) is 68.5 Å². The van der Waals surface area contributed by atoms with Gasteiger partial charge in [0.05, 0.1) is 19.0 Å². The molecular weight excluding hydrogens is 347 g/mol. The average molecular weight is 362 g/mol. The normalized spacial score (nSPS) is 10.7.